The Hall–Kier alpha value is -1.23. The Morgan fingerprint density at radius 3 is 2.71 bits per heavy atom. The van der Waals surface area contributed by atoms with Gasteiger partial charge in [0.1, 0.15) is 0 Å². The van der Waals surface area contributed by atoms with E-state index in [0.717, 1.165) is 48.1 Å². The van der Waals surface area contributed by atoms with E-state index in [0.29, 0.717) is 6.61 Å². The van der Waals surface area contributed by atoms with Crippen LogP contribution in [0.4, 0.5) is 0 Å². The van der Waals surface area contributed by atoms with Crippen LogP contribution in [0.1, 0.15) is 38.2 Å². The number of carbonyl (C=O) groups is 1. The van der Waals surface area contributed by atoms with Crippen molar-refractivity contribution in [2.75, 3.05) is 6.61 Å². The maximum absolute atomic E-state index is 11.8. The number of hydrogen-bond donors (Lipinski definition) is 0. The minimum absolute atomic E-state index is 0.0235. The van der Waals surface area contributed by atoms with E-state index in [-0.39, 0.29) is 11.9 Å². The number of ether oxygens (including phenoxy) is 3. The zero-order valence-electron chi connectivity index (χ0n) is 12.1. The van der Waals surface area contributed by atoms with Crippen LogP contribution in [0.3, 0.4) is 0 Å². The van der Waals surface area contributed by atoms with Gasteiger partial charge in [0.05, 0.1) is 12.5 Å². The van der Waals surface area contributed by atoms with Crippen LogP contribution in [0.15, 0.2) is 18.2 Å². The largest absolute Gasteiger partial charge is 0.466 e. The fraction of sp³-hybridized carbons (Fsp3) is 0.562. The molecule has 5 heteroatoms. The molecule has 114 valence electrons. The molecule has 1 heterocycles. The Morgan fingerprint density at radius 1 is 1.33 bits per heavy atom. The molecule has 1 aromatic rings. The molecule has 1 spiro atoms. The van der Waals surface area contributed by atoms with Gasteiger partial charge in [-0.1, -0.05) is 22.0 Å². The first-order chi connectivity index (χ1) is 10.2. The van der Waals surface area contributed by atoms with Crippen molar-refractivity contribution >= 4 is 21.9 Å². The first-order valence-electron chi connectivity index (χ1n) is 7.39. The summed E-state index contributed by atoms with van der Waals surface area (Å²) >= 11 is 3.44. The highest BCUT2D eigenvalue weighted by molar-refractivity contribution is 9.08. The third kappa shape index (κ3) is 2.89. The molecular weight excluding hydrogens is 336 g/mol. The minimum atomic E-state index is -0.587. The minimum Gasteiger partial charge on any atom is -0.466 e. The molecule has 0 atom stereocenters. The van der Waals surface area contributed by atoms with Gasteiger partial charge in [0.2, 0.25) is 0 Å². The zero-order valence-corrected chi connectivity index (χ0v) is 13.6. The zero-order chi connectivity index (χ0) is 14.9. The van der Waals surface area contributed by atoms with Crippen molar-refractivity contribution < 1.29 is 19.0 Å². The van der Waals surface area contributed by atoms with Gasteiger partial charge in [-0.25, -0.2) is 0 Å². The number of hydrogen-bond acceptors (Lipinski definition) is 4. The van der Waals surface area contributed by atoms with E-state index in [1.54, 1.807) is 0 Å². The topological polar surface area (TPSA) is 44.8 Å². The van der Waals surface area contributed by atoms with E-state index in [9.17, 15) is 4.79 Å². The van der Waals surface area contributed by atoms with E-state index in [2.05, 4.69) is 15.9 Å². The van der Waals surface area contributed by atoms with Gasteiger partial charge in [-0.3, -0.25) is 4.79 Å². The highest BCUT2D eigenvalue weighted by Crippen LogP contribution is 2.47. The van der Waals surface area contributed by atoms with Gasteiger partial charge in [-0.05, 0) is 37.5 Å². The summed E-state index contributed by atoms with van der Waals surface area (Å²) in [5, 5.41) is 0.793. The van der Waals surface area contributed by atoms with E-state index in [4.69, 9.17) is 14.2 Å². The average Bonchev–Trinajstić information content (AvgIpc) is 2.84. The summed E-state index contributed by atoms with van der Waals surface area (Å²) in [4.78, 5) is 11.8. The van der Waals surface area contributed by atoms with Crippen LogP contribution in [0.2, 0.25) is 0 Å². The van der Waals surface area contributed by atoms with Gasteiger partial charge in [-0.15, -0.1) is 0 Å². The third-order valence-electron chi connectivity index (χ3n) is 4.12. The first-order valence-corrected chi connectivity index (χ1v) is 8.51. The maximum atomic E-state index is 11.8. The summed E-state index contributed by atoms with van der Waals surface area (Å²) < 4.78 is 17.2. The summed E-state index contributed by atoms with van der Waals surface area (Å²) in [7, 11) is 0. The molecule has 0 N–H and O–H groups in total. The van der Waals surface area contributed by atoms with Crippen LogP contribution in [-0.2, 0) is 14.9 Å². The summed E-state index contributed by atoms with van der Waals surface area (Å²) in [5.41, 5.74) is 1.16. The molecule has 0 radical (unpaired) electrons. The number of halogens is 1. The monoisotopic (exact) mass is 354 g/mol. The lowest BCUT2D eigenvalue weighted by Gasteiger charge is -2.34. The SMILES string of the molecule is CCOC(=O)C1CCC2(CC1)Oc1ccc(CBr)cc1O2. The first kappa shape index (κ1) is 14.7. The van der Waals surface area contributed by atoms with Crippen LogP contribution < -0.4 is 9.47 Å². The van der Waals surface area contributed by atoms with Crippen LogP contribution >= 0.6 is 15.9 Å². The van der Waals surface area contributed by atoms with E-state index in [1.807, 2.05) is 25.1 Å². The van der Waals surface area contributed by atoms with Crippen molar-refractivity contribution in [3.8, 4) is 11.5 Å². The van der Waals surface area contributed by atoms with Crippen LogP contribution in [-0.4, -0.2) is 18.4 Å². The Morgan fingerprint density at radius 2 is 2.05 bits per heavy atom. The smallest absolute Gasteiger partial charge is 0.308 e. The Labute approximate surface area is 132 Å². The molecule has 1 fully saturated rings. The van der Waals surface area contributed by atoms with E-state index < -0.39 is 5.79 Å². The lowest BCUT2D eigenvalue weighted by Crippen LogP contribution is -2.43. The molecule has 1 saturated carbocycles. The maximum Gasteiger partial charge on any atom is 0.308 e. The molecule has 2 aliphatic rings. The summed E-state index contributed by atoms with van der Waals surface area (Å²) in [6.45, 7) is 2.28. The highest BCUT2D eigenvalue weighted by atomic mass is 79.9. The van der Waals surface area contributed by atoms with E-state index in [1.165, 1.54) is 0 Å². The second kappa shape index (κ2) is 5.87. The number of fused-ring (bicyclic) bond motifs is 1. The predicted octanol–water partition coefficient (Wildman–Crippen LogP) is 3.80. The summed E-state index contributed by atoms with van der Waals surface area (Å²) in [6.07, 6.45) is 2.93. The normalized spacial score (nSPS) is 26.9. The van der Waals surface area contributed by atoms with Crippen molar-refractivity contribution in [1.82, 2.24) is 0 Å². The van der Waals surface area contributed by atoms with Crippen LogP contribution in [0, 0.1) is 5.92 Å². The molecule has 0 saturated heterocycles. The van der Waals surface area contributed by atoms with Crippen molar-refractivity contribution in [3.63, 3.8) is 0 Å². The molecule has 1 aliphatic heterocycles. The molecule has 4 nitrogen and oxygen atoms in total. The lowest BCUT2D eigenvalue weighted by atomic mass is 9.85. The lowest BCUT2D eigenvalue weighted by molar-refractivity contribution is -0.156. The Balaban J connectivity index is 1.66. The molecule has 1 aromatic carbocycles. The number of carbonyl (C=O) groups excluding carboxylic acids is 1. The third-order valence-corrected chi connectivity index (χ3v) is 4.77. The van der Waals surface area contributed by atoms with Crippen molar-refractivity contribution in [1.29, 1.82) is 0 Å². The molecule has 0 unspecified atom stereocenters. The van der Waals surface area contributed by atoms with E-state index >= 15 is 0 Å². The molecular formula is C16H19BrO4. The Kier molecular flexibility index (Phi) is 4.11. The molecule has 21 heavy (non-hydrogen) atoms. The van der Waals surface area contributed by atoms with Crippen molar-refractivity contribution in [2.24, 2.45) is 5.92 Å². The predicted molar refractivity (Wildman–Crippen MR) is 81.7 cm³/mol. The molecule has 1 aliphatic carbocycles. The van der Waals surface area contributed by atoms with Crippen LogP contribution in [0.5, 0.6) is 11.5 Å². The van der Waals surface area contributed by atoms with Gasteiger partial charge in [-0.2, -0.15) is 0 Å². The van der Waals surface area contributed by atoms with Gasteiger partial charge in [0.25, 0.3) is 5.79 Å². The van der Waals surface area contributed by atoms with Gasteiger partial charge in [0, 0.05) is 18.2 Å². The summed E-state index contributed by atoms with van der Waals surface area (Å²) in [6, 6.07) is 5.99. The fourth-order valence-electron chi connectivity index (χ4n) is 2.98. The quantitative estimate of drug-likeness (QED) is 0.611. The summed E-state index contributed by atoms with van der Waals surface area (Å²) in [5.74, 6) is 0.904. The number of esters is 1. The molecule has 3 rings (SSSR count). The second-order valence-electron chi connectivity index (χ2n) is 5.56. The average molecular weight is 355 g/mol. The molecule has 0 amide bonds. The van der Waals surface area contributed by atoms with Gasteiger partial charge < -0.3 is 14.2 Å². The van der Waals surface area contributed by atoms with Gasteiger partial charge >= 0.3 is 5.97 Å². The highest BCUT2D eigenvalue weighted by Gasteiger charge is 2.46. The molecule has 0 aromatic heterocycles. The van der Waals surface area contributed by atoms with Crippen molar-refractivity contribution in [2.45, 2.75) is 43.7 Å². The standard InChI is InChI=1S/C16H19BrO4/c1-2-19-15(18)12-5-7-16(8-6-12)20-13-4-3-11(10-17)9-14(13)21-16/h3-4,9,12H,2,5-8,10H2,1H3. The van der Waals surface area contributed by atoms with Gasteiger partial charge in [0.15, 0.2) is 11.5 Å². The van der Waals surface area contributed by atoms with Crippen molar-refractivity contribution in [3.05, 3.63) is 23.8 Å². The number of rotatable bonds is 3. The Bertz CT molecular complexity index is 535. The molecule has 0 bridgehead atoms. The second-order valence-corrected chi connectivity index (χ2v) is 6.12. The fourth-order valence-corrected chi connectivity index (χ4v) is 3.33. The van der Waals surface area contributed by atoms with Crippen LogP contribution in [0.25, 0.3) is 0 Å². The number of benzene rings is 1. The number of alkyl halides is 1.